The molecule has 0 amide bonds. The number of hydrogen-bond donors (Lipinski definition) is 0. The van der Waals surface area contributed by atoms with Crippen molar-refractivity contribution in [3.05, 3.63) is 47.3 Å². The Morgan fingerprint density at radius 2 is 1.96 bits per heavy atom. The Hall–Kier alpha value is -2.76. The molecule has 132 valence electrons. The van der Waals surface area contributed by atoms with E-state index in [1.165, 1.54) is 6.92 Å². The van der Waals surface area contributed by atoms with E-state index in [0.717, 1.165) is 22.9 Å². The zero-order valence-corrected chi connectivity index (χ0v) is 14.6. The van der Waals surface area contributed by atoms with Gasteiger partial charge in [-0.3, -0.25) is 9.59 Å². The Morgan fingerprint density at radius 1 is 1.24 bits per heavy atom. The number of hydrogen-bond acceptors (Lipinski definition) is 5. The van der Waals surface area contributed by atoms with Crippen molar-refractivity contribution in [3.63, 3.8) is 0 Å². The highest BCUT2D eigenvalue weighted by molar-refractivity contribution is 5.99. The number of para-hydroxylation sites is 2. The quantitative estimate of drug-likeness (QED) is 0.617. The Balaban J connectivity index is 1.73. The van der Waals surface area contributed by atoms with Crippen LogP contribution in [0.1, 0.15) is 28.7 Å². The van der Waals surface area contributed by atoms with Crippen LogP contribution in [0.3, 0.4) is 0 Å². The van der Waals surface area contributed by atoms with Crippen molar-refractivity contribution in [2.45, 2.75) is 33.4 Å². The van der Waals surface area contributed by atoms with Crippen LogP contribution in [0.25, 0.3) is 0 Å². The molecule has 0 N–H and O–H groups in total. The van der Waals surface area contributed by atoms with E-state index in [1.54, 1.807) is 0 Å². The molecule has 0 bridgehead atoms. The van der Waals surface area contributed by atoms with Crippen molar-refractivity contribution in [1.82, 2.24) is 4.57 Å². The molecule has 2 aromatic rings. The number of aryl methyl sites for hydroxylation is 1. The zero-order valence-electron chi connectivity index (χ0n) is 14.6. The third kappa shape index (κ3) is 3.68. The minimum absolute atomic E-state index is 0.142. The van der Waals surface area contributed by atoms with Gasteiger partial charge in [0.1, 0.15) is 6.61 Å². The van der Waals surface area contributed by atoms with Crippen LogP contribution in [0.2, 0.25) is 0 Å². The first-order valence-corrected chi connectivity index (χ1v) is 8.17. The van der Waals surface area contributed by atoms with Crippen LogP contribution in [-0.4, -0.2) is 35.6 Å². The Morgan fingerprint density at radius 3 is 2.68 bits per heavy atom. The second-order valence-electron chi connectivity index (χ2n) is 6.10. The number of aromatic nitrogens is 1. The minimum atomic E-state index is -0.464. The highest BCUT2D eigenvalue weighted by Gasteiger charge is 2.24. The number of ketones is 1. The molecule has 6 nitrogen and oxygen atoms in total. The minimum Gasteiger partial charge on any atom is -0.486 e. The zero-order chi connectivity index (χ0) is 18.0. The third-order valence-corrected chi connectivity index (χ3v) is 4.23. The van der Waals surface area contributed by atoms with Crippen LogP contribution < -0.4 is 9.47 Å². The fourth-order valence-corrected chi connectivity index (χ4v) is 2.97. The van der Waals surface area contributed by atoms with Gasteiger partial charge in [0.05, 0.1) is 6.54 Å². The van der Waals surface area contributed by atoms with Gasteiger partial charge >= 0.3 is 5.97 Å². The molecular weight excluding hydrogens is 322 g/mol. The molecule has 1 aliphatic rings. The third-order valence-electron chi connectivity index (χ3n) is 4.23. The largest absolute Gasteiger partial charge is 0.486 e. The monoisotopic (exact) mass is 343 g/mol. The number of fused-ring (bicyclic) bond motifs is 1. The average molecular weight is 343 g/mol. The van der Waals surface area contributed by atoms with E-state index in [1.807, 2.05) is 48.7 Å². The van der Waals surface area contributed by atoms with E-state index in [2.05, 4.69) is 0 Å². The molecule has 1 aliphatic heterocycles. The predicted molar refractivity (Wildman–Crippen MR) is 91.2 cm³/mol. The number of rotatable bonds is 5. The normalized spacial score (nSPS) is 15.7. The molecular formula is C19H21NO5. The van der Waals surface area contributed by atoms with Crippen LogP contribution >= 0.6 is 0 Å². The van der Waals surface area contributed by atoms with Crippen LogP contribution in [0.5, 0.6) is 11.5 Å². The summed E-state index contributed by atoms with van der Waals surface area (Å²) in [5, 5.41) is 0. The average Bonchev–Trinajstić information content (AvgIpc) is 2.88. The van der Waals surface area contributed by atoms with Crippen molar-refractivity contribution >= 4 is 11.8 Å². The maximum atomic E-state index is 12.2. The summed E-state index contributed by atoms with van der Waals surface area (Å²) in [5.74, 6) is 0.804. The maximum Gasteiger partial charge on any atom is 0.303 e. The molecule has 1 aromatic heterocycles. The van der Waals surface area contributed by atoms with Gasteiger partial charge < -0.3 is 18.8 Å². The van der Waals surface area contributed by atoms with Gasteiger partial charge in [0.2, 0.25) is 5.78 Å². The van der Waals surface area contributed by atoms with Gasteiger partial charge in [0, 0.05) is 23.9 Å². The lowest BCUT2D eigenvalue weighted by molar-refractivity contribution is -0.139. The standard InChI is InChI=1S/C19H21NO5/c1-12-8-16(17(22)11-23-14(3)21)13(2)20(12)9-15-10-24-18-6-4-5-7-19(18)25-15/h4-8,15H,9-11H2,1-3H3. The first-order valence-electron chi connectivity index (χ1n) is 8.17. The summed E-state index contributed by atoms with van der Waals surface area (Å²) in [4.78, 5) is 23.1. The Kier molecular flexibility index (Phi) is 4.79. The Labute approximate surface area is 146 Å². The van der Waals surface area contributed by atoms with Gasteiger partial charge in [0.15, 0.2) is 24.2 Å². The second kappa shape index (κ2) is 7.01. The van der Waals surface area contributed by atoms with E-state index in [9.17, 15) is 9.59 Å². The van der Waals surface area contributed by atoms with Gasteiger partial charge in [-0.2, -0.15) is 0 Å². The molecule has 0 saturated heterocycles. The number of Topliss-reactive ketones (excluding diaryl/α,β-unsaturated/α-hetero) is 1. The summed E-state index contributed by atoms with van der Waals surface area (Å²) >= 11 is 0. The van der Waals surface area contributed by atoms with Gasteiger partial charge in [0.25, 0.3) is 0 Å². The van der Waals surface area contributed by atoms with Crippen molar-refractivity contribution in [2.24, 2.45) is 0 Å². The van der Waals surface area contributed by atoms with Crippen LogP contribution in [0.4, 0.5) is 0 Å². The van der Waals surface area contributed by atoms with Crippen LogP contribution in [0.15, 0.2) is 30.3 Å². The lowest BCUT2D eigenvalue weighted by atomic mass is 10.1. The summed E-state index contributed by atoms with van der Waals surface area (Å²) in [7, 11) is 0. The summed E-state index contributed by atoms with van der Waals surface area (Å²) in [6.45, 7) is 5.89. The molecule has 3 rings (SSSR count). The first-order chi connectivity index (χ1) is 12.0. The van der Waals surface area contributed by atoms with E-state index in [4.69, 9.17) is 14.2 Å². The SMILES string of the molecule is CC(=O)OCC(=O)c1cc(C)n(CC2COc3ccccc3O2)c1C. The van der Waals surface area contributed by atoms with E-state index < -0.39 is 5.97 Å². The van der Waals surface area contributed by atoms with Crippen molar-refractivity contribution in [1.29, 1.82) is 0 Å². The first kappa shape index (κ1) is 17.1. The predicted octanol–water partition coefficient (Wildman–Crippen LogP) is 2.69. The molecule has 2 heterocycles. The van der Waals surface area contributed by atoms with Crippen molar-refractivity contribution in [2.75, 3.05) is 13.2 Å². The molecule has 1 atom stereocenters. The van der Waals surface area contributed by atoms with E-state index in [0.29, 0.717) is 18.7 Å². The molecule has 0 radical (unpaired) electrons. The summed E-state index contributed by atoms with van der Waals surface area (Å²) in [5.41, 5.74) is 2.35. The maximum absolute atomic E-state index is 12.2. The lowest BCUT2D eigenvalue weighted by Gasteiger charge is -2.27. The number of carbonyl (C=O) groups excluding carboxylic acids is 2. The molecule has 0 saturated carbocycles. The number of carbonyl (C=O) groups is 2. The molecule has 1 aromatic carbocycles. The van der Waals surface area contributed by atoms with E-state index >= 15 is 0 Å². The summed E-state index contributed by atoms with van der Waals surface area (Å²) in [6, 6.07) is 9.39. The van der Waals surface area contributed by atoms with E-state index in [-0.39, 0.29) is 18.5 Å². The molecule has 25 heavy (non-hydrogen) atoms. The number of esters is 1. The van der Waals surface area contributed by atoms with Crippen LogP contribution in [0, 0.1) is 13.8 Å². The molecule has 6 heteroatoms. The highest BCUT2D eigenvalue weighted by atomic mass is 16.6. The molecule has 0 aliphatic carbocycles. The second-order valence-corrected chi connectivity index (χ2v) is 6.10. The molecule has 0 spiro atoms. The summed E-state index contributed by atoms with van der Waals surface area (Å²) < 4.78 is 18.6. The van der Waals surface area contributed by atoms with Gasteiger partial charge in [-0.05, 0) is 32.0 Å². The number of ether oxygens (including phenoxy) is 3. The summed E-state index contributed by atoms with van der Waals surface area (Å²) in [6.07, 6.45) is -0.142. The lowest BCUT2D eigenvalue weighted by Crippen LogP contribution is -2.33. The highest BCUT2D eigenvalue weighted by Crippen LogP contribution is 2.31. The molecule has 0 fully saturated rings. The molecule has 1 unspecified atom stereocenters. The van der Waals surface area contributed by atoms with Gasteiger partial charge in [-0.15, -0.1) is 0 Å². The van der Waals surface area contributed by atoms with Crippen molar-refractivity contribution in [3.8, 4) is 11.5 Å². The fraction of sp³-hybridized carbons (Fsp3) is 0.368. The van der Waals surface area contributed by atoms with Gasteiger partial charge in [-0.1, -0.05) is 12.1 Å². The van der Waals surface area contributed by atoms with Crippen LogP contribution in [-0.2, 0) is 16.1 Å². The topological polar surface area (TPSA) is 66.8 Å². The fourth-order valence-electron chi connectivity index (χ4n) is 2.97. The van der Waals surface area contributed by atoms with Crippen molar-refractivity contribution < 1.29 is 23.8 Å². The smallest absolute Gasteiger partial charge is 0.303 e. The Bertz CT molecular complexity index is 808. The number of nitrogens with zero attached hydrogens (tertiary/aromatic N) is 1. The number of benzene rings is 1. The van der Waals surface area contributed by atoms with Gasteiger partial charge in [-0.25, -0.2) is 0 Å².